The van der Waals surface area contributed by atoms with Crippen molar-refractivity contribution < 1.29 is 15.0 Å². The van der Waals surface area contributed by atoms with Gasteiger partial charge in [0.1, 0.15) is 5.56 Å². The molecule has 0 aliphatic carbocycles. The van der Waals surface area contributed by atoms with E-state index in [9.17, 15) is 9.90 Å². The summed E-state index contributed by atoms with van der Waals surface area (Å²) < 4.78 is 0.860. The fourth-order valence-electron chi connectivity index (χ4n) is 0.990. The molecule has 2 aromatic heterocycles. The van der Waals surface area contributed by atoms with Crippen LogP contribution in [0.5, 0.6) is 5.88 Å². The Bertz CT molecular complexity index is 519. The first-order valence-electron chi connectivity index (χ1n) is 3.53. The van der Waals surface area contributed by atoms with Gasteiger partial charge in [-0.25, -0.2) is 9.78 Å². The number of aromatic hydroxyl groups is 1. The number of carboxylic acid groups (broad SMARTS) is 1. The van der Waals surface area contributed by atoms with Crippen LogP contribution in [-0.2, 0) is 0 Å². The molecule has 8 nitrogen and oxygen atoms in total. The maximum atomic E-state index is 10.6. The zero-order valence-corrected chi connectivity index (χ0v) is 6.75. The van der Waals surface area contributed by atoms with Crippen molar-refractivity contribution in [1.29, 1.82) is 0 Å². The van der Waals surface area contributed by atoms with Gasteiger partial charge in [0.25, 0.3) is 5.78 Å². The first kappa shape index (κ1) is 8.23. The van der Waals surface area contributed by atoms with Crippen molar-refractivity contribution in [2.24, 2.45) is 0 Å². The largest absolute Gasteiger partial charge is 0.493 e. The smallest absolute Gasteiger partial charge is 0.342 e. The van der Waals surface area contributed by atoms with Gasteiger partial charge in [0.2, 0.25) is 11.8 Å². The number of anilines is 1. The fourth-order valence-corrected chi connectivity index (χ4v) is 0.990. The molecule has 0 unspecified atom stereocenters. The number of hydrogen-bond donors (Lipinski definition) is 3. The van der Waals surface area contributed by atoms with Crippen LogP contribution in [0.3, 0.4) is 0 Å². The molecule has 0 saturated heterocycles. The molecule has 2 aromatic rings. The van der Waals surface area contributed by atoms with E-state index < -0.39 is 11.8 Å². The highest BCUT2D eigenvalue weighted by molar-refractivity contribution is 5.89. The first-order chi connectivity index (χ1) is 6.59. The quantitative estimate of drug-likeness (QED) is 0.538. The topological polar surface area (TPSA) is 127 Å². The van der Waals surface area contributed by atoms with Gasteiger partial charge < -0.3 is 15.9 Å². The lowest BCUT2D eigenvalue weighted by Crippen LogP contribution is -2.03. The van der Waals surface area contributed by atoms with Gasteiger partial charge in [0.05, 0.1) is 6.20 Å². The van der Waals surface area contributed by atoms with Crippen LogP contribution in [-0.4, -0.2) is 35.8 Å². The summed E-state index contributed by atoms with van der Waals surface area (Å²) in [5.41, 5.74) is 4.89. The van der Waals surface area contributed by atoms with Gasteiger partial charge >= 0.3 is 5.97 Å². The van der Waals surface area contributed by atoms with E-state index in [0.29, 0.717) is 0 Å². The third-order valence-electron chi connectivity index (χ3n) is 1.59. The van der Waals surface area contributed by atoms with E-state index in [-0.39, 0.29) is 17.3 Å². The fraction of sp³-hybridized carbons (Fsp3) is 0. The van der Waals surface area contributed by atoms with E-state index in [0.717, 1.165) is 10.7 Å². The molecule has 0 saturated carbocycles. The van der Waals surface area contributed by atoms with E-state index in [4.69, 9.17) is 10.8 Å². The van der Waals surface area contributed by atoms with E-state index in [2.05, 4.69) is 15.1 Å². The van der Waals surface area contributed by atoms with E-state index in [1.54, 1.807) is 0 Å². The Morgan fingerprint density at radius 2 is 2.29 bits per heavy atom. The number of nitrogens with two attached hydrogens (primary N) is 1. The molecular weight excluding hydrogens is 190 g/mol. The summed E-state index contributed by atoms with van der Waals surface area (Å²) in [7, 11) is 0. The molecule has 4 N–H and O–H groups in total. The third-order valence-corrected chi connectivity index (χ3v) is 1.59. The predicted molar refractivity (Wildman–Crippen MR) is 43.8 cm³/mol. The SMILES string of the molecule is Nc1nc2ncc(C(=O)O)c(O)n2n1. The van der Waals surface area contributed by atoms with Crippen molar-refractivity contribution in [3.05, 3.63) is 11.8 Å². The lowest BCUT2D eigenvalue weighted by Gasteiger charge is -1.98. The Kier molecular flexibility index (Phi) is 1.50. The van der Waals surface area contributed by atoms with Gasteiger partial charge in [-0.1, -0.05) is 0 Å². The second-order valence-electron chi connectivity index (χ2n) is 2.48. The highest BCUT2D eigenvalue weighted by Crippen LogP contribution is 2.16. The third kappa shape index (κ3) is 1.01. The van der Waals surface area contributed by atoms with Crippen molar-refractivity contribution in [2.45, 2.75) is 0 Å². The predicted octanol–water partition coefficient (Wildman–Crippen LogP) is -0.890. The summed E-state index contributed by atoms with van der Waals surface area (Å²) in [5, 5.41) is 21.6. The molecule has 14 heavy (non-hydrogen) atoms. The van der Waals surface area contributed by atoms with Gasteiger partial charge in [-0.2, -0.15) is 9.50 Å². The molecule has 72 valence electrons. The second kappa shape index (κ2) is 2.55. The Morgan fingerprint density at radius 1 is 1.57 bits per heavy atom. The molecule has 0 aliphatic heterocycles. The average Bonchev–Trinajstić information content (AvgIpc) is 2.46. The van der Waals surface area contributed by atoms with Gasteiger partial charge in [-0.3, -0.25) is 0 Å². The number of rotatable bonds is 1. The maximum Gasteiger partial charge on any atom is 0.342 e. The van der Waals surface area contributed by atoms with Crippen LogP contribution in [0, 0.1) is 0 Å². The zero-order chi connectivity index (χ0) is 10.3. The Morgan fingerprint density at radius 3 is 2.93 bits per heavy atom. The lowest BCUT2D eigenvalue weighted by molar-refractivity contribution is 0.0692. The van der Waals surface area contributed by atoms with E-state index in [1.165, 1.54) is 0 Å². The summed E-state index contributed by atoms with van der Waals surface area (Å²) in [6.07, 6.45) is 0.987. The van der Waals surface area contributed by atoms with Gasteiger partial charge in [0.15, 0.2) is 0 Å². The molecule has 0 radical (unpaired) electrons. The number of aromatic carboxylic acids is 1. The molecule has 0 amide bonds. The molecule has 0 aliphatic rings. The number of nitrogen functional groups attached to an aromatic ring is 1. The van der Waals surface area contributed by atoms with Crippen LogP contribution in [0.25, 0.3) is 5.78 Å². The summed E-state index contributed by atoms with van der Waals surface area (Å²) in [6.45, 7) is 0. The summed E-state index contributed by atoms with van der Waals surface area (Å²) >= 11 is 0. The van der Waals surface area contributed by atoms with Crippen LogP contribution in [0.15, 0.2) is 6.20 Å². The van der Waals surface area contributed by atoms with Crippen LogP contribution >= 0.6 is 0 Å². The number of nitrogens with zero attached hydrogens (tertiary/aromatic N) is 4. The Hall–Kier alpha value is -2.38. The molecular formula is C6H5N5O3. The van der Waals surface area contributed by atoms with E-state index in [1.807, 2.05) is 0 Å². The molecule has 0 aromatic carbocycles. The van der Waals surface area contributed by atoms with E-state index >= 15 is 0 Å². The number of hydrogen-bond acceptors (Lipinski definition) is 6. The molecule has 8 heteroatoms. The number of carboxylic acids is 1. The van der Waals surface area contributed by atoms with Crippen molar-refractivity contribution in [3.63, 3.8) is 0 Å². The van der Waals surface area contributed by atoms with Crippen molar-refractivity contribution in [1.82, 2.24) is 19.6 Å². The van der Waals surface area contributed by atoms with Crippen molar-refractivity contribution in [2.75, 3.05) is 5.73 Å². The van der Waals surface area contributed by atoms with Crippen molar-refractivity contribution >= 4 is 17.7 Å². The zero-order valence-electron chi connectivity index (χ0n) is 6.75. The first-order valence-corrected chi connectivity index (χ1v) is 3.53. The highest BCUT2D eigenvalue weighted by Gasteiger charge is 2.15. The minimum Gasteiger partial charge on any atom is -0.493 e. The summed E-state index contributed by atoms with van der Waals surface area (Å²) in [6, 6.07) is 0. The Labute approximate surface area is 76.6 Å². The molecule has 0 spiro atoms. The number of carbonyl (C=O) groups is 1. The van der Waals surface area contributed by atoms with Crippen LogP contribution in [0.1, 0.15) is 10.4 Å². The minimum absolute atomic E-state index is 0.0463. The molecule has 2 rings (SSSR count). The molecule has 0 bridgehead atoms. The minimum atomic E-state index is -1.30. The van der Waals surface area contributed by atoms with Crippen molar-refractivity contribution in [3.8, 4) is 5.88 Å². The molecule has 2 heterocycles. The van der Waals surface area contributed by atoms with Gasteiger partial charge in [-0.15, -0.1) is 5.10 Å². The van der Waals surface area contributed by atoms with Gasteiger partial charge in [-0.05, 0) is 0 Å². The normalized spacial score (nSPS) is 10.6. The van der Waals surface area contributed by atoms with Crippen LogP contribution < -0.4 is 5.73 Å². The highest BCUT2D eigenvalue weighted by atomic mass is 16.4. The molecule has 0 fully saturated rings. The maximum absolute atomic E-state index is 10.6. The number of fused-ring (bicyclic) bond motifs is 1. The molecule has 0 atom stereocenters. The van der Waals surface area contributed by atoms with Crippen LogP contribution in [0.4, 0.5) is 5.95 Å². The summed E-state index contributed by atoms with van der Waals surface area (Å²) in [4.78, 5) is 17.9. The average molecular weight is 195 g/mol. The lowest BCUT2D eigenvalue weighted by atomic mass is 10.3. The second-order valence-corrected chi connectivity index (χ2v) is 2.48. The monoisotopic (exact) mass is 195 g/mol. The van der Waals surface area contributed by atoms with Gasteiger partial charge in [0, 0.05) is 0 Å². The number of aromatic nitrogens is 4. The standard InChI is InChI=1S/C6H5N5O3/c7-5-9-6-8-1-2(4(13)14)3(12)11(6)10-5/h1,12H,(H2,7,10)(H,13,14). The van der Waals surface area contributed by atoms with Crippen LogP contribution in [0.2, 0.25) is 0 Å². The Balaban J connectivity index is 2.80. The summed E-state index contributed by atoms with van der Waals surface area (Å²) in [5.74, 6) is -1.89.